The molecule has 0 aliphatic heterocycles. The van der Waals surface area contributed by atoms with Crippen LogP contribution in [0.5, 0.6) is 0 Å². The molecule has 2 aromatic rings. The number of carbonyl (C=O) groups is 1. The smallest absolute Gasteiger partial charge is 0.261 e. The largest absolute Gasteiger partial charge is 0.350 e. The first-order valence-electron chi connectivity index (χ1n) is 5.37. The average Bonchev–Trinajstić information content (AvgIpc) is 2.79. The molecule has 3 nitrogen and oxygen atoms in total. The Bertz CT molecular complexity index is 549. The van der Waals surface area contributed by atoms with E-state index < -0.39 is 0 Å². The monoisotopic (exact) mass is 244 g/mol. The standard InChI is InChI=1S/C13H12N2OS/c1-9(7-14)8-15-13(16)12-6-10-4-2-3-5-11(10)17-12/h2-6,9H,8H2,1H3,(H,15,16). The van der Waals surface area contributed by atoms with Crippen molar-refractivity contribution in [2.45, 2.75) is 6.92 Å². The minimum absolute atomic E-state index is 0.103. The lowest BCUT2D eigenvalue weighted by atomic mass is 10.2. The van der Waals surface area contributed by atoms with Crippen molar-refractivity contribution in [1.82, 2.24) is 5.32 Å². The number of hydrogen-bond donors (Lipinski definition) is 1. The quantitative estimate of drug-likeness (QED) is 0.902. The number of amides is 1. The molecule has 0 fully saturated rings. The Morgan fingerprint density at radius 3 is 3.00 bits per heavy atom. The van der Waals surface area contributed by atoms with Crippen molar-refractivity contribution in [3.05, 3.63) is 35.2 Å². The van der Waals surface area contributed by atoms with Crippen LogP contribution in [0.15, 0.2) is 30.3 Å². The van der Waals surface area contributed by atoms with Gasteiger partial charge in [-0.05, 0) is 24.4 Å². The van der Waals surface area contributed by atoms with Gasteiger partial charge in [0, 0.05) is 11.2 Å². The van der Waals surface area contributed by atoms with Crippen molar-refractivity contribution in [1.29, 1.82) is 5.26 Å². The van der Waals surface area contributed by atoms with Crippen molar-refractivity contribution in [3.8, 4) is 6.07 Å². The van der Waals surface area contributed by atoms with Gasteiger partial charge in [0.25, 0.3) is 5.91 Å². The summed E-state index contributed by atoms with van der Waals surface area (Å²) >= 11 is 1.47. The number of fused-ring (bicyclic) bond motifs is 1. The average molecular weight is 244 g/mol. The Labute approximate surface area is 104 Å². The minimum Gasteiger partial charge on any atom is -0.350 e. The summed E-state index contributed by atoms with van der Waals surface area (Å²) < 4.78 is 1.10. The summed E-state index contributed by atoms with van der Waals surface area (Å²) in [6.45, 7) is 2.18. The Morgan fingerprint density at radius 1 is 1.53 bits per heavy atom. The molecule has 1 aromatic carbocycles. The fraction of sp³-hybridized carbons (Fsp3) is 0.231. The SMILES string of the molecule is CC(C#N)CNC(=O)c1cc2ccccc2s1. The molecule has 0 bridgehead atoms. The lowest BCUT2D eigenvalue weighted by molar-refractivity contribution is 0.0955. The van der Waals surface area contributed by atoms with Gasteiger partial charge in [0.05, 0.1) is 16.9 Å². The van der Waals surface area contributed by atoms with Gasteiger partial charge in [0.2, 0.25) is 0 Å². The lowest BCUT2D eigenvalue weighted by Gasteiger charge is -2.03. The van der Waals surface area contributed by atoms with Crippen molar-refractivity contribution < 1.29 is 4.79 Å². The van der Waals surface area contributed by atoms with Crippen LogP contribution in [0.25, 0.3) is 10.1 Å². The highest BCUT2D eigenvalue weighted by molar-refractivity contribution is 7.20. The molecule has 1 amide bonds. The van der Waals surface area contributed by atoms with E-state index in [0.29, 0.717) is 11.4 Å². The van der Waals surface area contributed by atoms with Gasteiger partial charge in [-0.1, -0.05) is 18.2 Å². The molecule has 1 unspecified atom stereocenters. The summed E-state index contributed by atoms with van der Waals surface area (Å²) in [7, 11) is 0. The molecular weight excluding hydrogens is 232 g/mol. The van der Waals surface area contributed by atoms with Gasteiger partial charge in [-0.2, -0.15) is 5.26 Å². The molecule has 2 rings (SSSR count). The predicted molar refractivity (Wildman–Crippen MR) is 68.9 cm³/mol. The van der Waals surface area contributed by atoms with Crippen LogP contribution in [0.4, 0.5) is 0 Å². The molecule has 0 radical (unpaired) electrons. The highest BCUT2D eigenvalue weighted by Gasteiger charge is 2.10. The third kappa shape index (κ3) is 2.63. The summed E-state index contributed by atoms with van der Waals surface area (Å²) in [4.78, 5) is 12.5. The van der Waals surface area contributed by atoms with E-state index >= 15 is 0 Å². The molecule has 0 saturated heterocycles. The number of nitrogens with zero attached hydrogens (tertiary/aromatic N) is 1. The molecule has 0 aliphatic carbocycles. The normalized spacial score (nSPS) is 12.0. The van der Waals surface area contributed by atoms with Gasteiger partial charge >= 0.3 is 0 Å². The third-order valence-electron chi connectivity index (χ3n) is 2.44. The molecule has 0 aliphatic rings. The van der Waals surface area contributed by atoms with Crippen LogP contribution in [0, 0.1) is 17.2 Å². The van der Waals surface area contributed by atoms with Crippen LogP contribution in [0.3, 0.4) is 0 Å². The van der Waals surface area contributed by atoms with Crippen LogP contribution in [-0.4, -0.2) is 12.5 Å². The topological polar surface area (TPSA) is 52.9 Å². The Hall–Kier alpha value is -1.86. The van der Waals surface area contributed by atoms with Gasteiger partial charge < -0.3 is 5.32 Å². The molecule has 1 atom stereocenters. The van der Waals surface area contributed by atoms with E-state index in [1.807, 2.05) is 30.3 Å². The second-order valence-electron chi connectivity index (χ2n) is 3.89. The highest BCUT2D eigenvalue weighted by Crippen LogP contribution is 2.24. The number of benzene rings is 1. The number of thiophene rings is 1. The Balaban J connectivity index is 2.12. The van der Waals surface area contributed by atoms with Crippen molar-refractivity contribution >= 4 is 27.3 Å². The number of rotatable bonds is 3. The first kappa shape index (κ1) is 11.6. The van der Waals surface area contributed by atoms with Crippen LogP contribution >= 0.6 is 11.3 Å². The predicted octanol–water partition coefficient (Wildman–Crippen LogP) is 2.79. The molecule has 1 heterocycles. The lowest BCUT2D eigenvalue weighted by Crippen LogP contribution is -2.26. The van der Waals surface area contributed by atoms with E-state index in [1.165, 1.54) is 11.3 Å². The summed E-state index contributed by atoms with van der Waals surface area (Å²) in [6, 6.07) is 11.9. The van der Waals surface area contributed by atoms with E-state index in [0.717, 1.165) is 10.1 Å². The molecule has 86 valence electrons. The zero-order valence-corrected chi connectivity index (χ0v) is 10.3. The summed E-state index contributed by atoms with van der Waals surface area (Å²) in [6.07, 6.45) is 0. The summed E-state index contributed by atoms with van der Waals surface area (Å²) in [5.41, 5.74) is 0. The van der Waals surface area contributed by atoms with E-state index in [1.54, 1.807) is 6.92 Å². The van der Waals surface area contributed by atoms with Gasteiger partial charge in [-0.15, -0.1) is 11.3 Å². The van der Waals surface area contributed by atoms with Crippen molar-refractivity contribution in [3.63, 3.8) is 0 Å². The van der Waals surface area contributed by atoms with Crippen molar-refractivity contribution in [2.75, 3.05) is 6.54 Å². The molecule has 4 heteroatoms. The number of hydrogen-bond acceptors (Lipinski definition) is 3. The Morgan fingerprint density at radius 2 is 2.29 bits per heavy atom. The maximum atomic E-state index is 11.8. The first-order valence-corrected chi connectivity index (χ1v) is 6.19. The molecule has 1 aromatic heterocycles. The molecule has 17 heavy (non-hydrogen) atoms. The van der Waals surface area contributed by atoms with Crippen LogP contribution in [0.2, 0.25) is 0 Å². The summed E-state index contributed by atoms with van der Waals surface area (Å²) in [5.74, 6) is -0.262. The molecule has 0 saturated carbocycles. The molecule has 0 spiro atoms. The fourth-order valence-electron chi connectivity index (χ4n) is 1.47. The molecular formula is C13H12N2OS. The van der Waals surface area contributed by atoms with Gasteiger partial charge in [-0.25, -0.2) is 0 Å². The van der Waals surface area contributed by atoms with Gasteiger partial charge in [-0.3, -0.25) is 4.79 Å². The maximum absolute atomic E-state index is 11.8. The highest BCUT2D eigenvalue weighted by atomic mass is 32.1. The maximum Gasteiger partial charge on any atom is 0.261 e. The zero-order chi connectivity index (χ0) is 12.3. The number of nitrogens with one attached hydrogen (secondary N) is 1. The van der Waals surface area contributed by atoms with E-state index in [4.69, 9.17) is 5.26 Å². The number of carbonyl (C=O) groups excluding carboxylic acids is 1. The minimum atomic E-state index is -0.159. The fourth-order valence-corrected chi connectivity index (χ4v) is 2.45. The van der Waals surface area contributed by atoms with Crippen LogP contribution in [0.1, 0.15) is 16.6 Å². The second kappa shape index (κ2) is 4.98. The van der Waals surface area contributed by atoms with Gasteiger partial charge in [0.1, 0.15) is 0 Å². The second-order valence-corrected chi connectivity index (χ2v) is 4.97. The van der Waals surface area contributed by atoms with Crippen molar-refractivity contribution in [2.24, 2.45) is 5.92 Å². The number of nitriles is 1. The van der Waals surface area contributed by atoms with E-state index in [9.17, 15) is 4.79 Å². The third-order valence-corrected chi connectivity index (χ3v) is 3.55. The Kier molecular flexibility index (Phi) is 3.40. The van der Waals surface area contributed by atoms with E-state index in [2.05, 4.69) is 11.4 Å². The summed E-state index contributed by atoms with van der Waals surface area (Å²) in [5, 5.41) is 12.5. The van der Waals surface area contributed by atoms with Gasteiger partial charge in [0.15, 0.2) is 0 Å². The van der Waals surface area contributed by atoms with Crippen LogP contribution in [-0.2, 0) is 0 Å². The molecule has 1 N–H and O–H groups in total. The van der Waals surface area contributed by atoms with E-state index in [-0.39, 0.29) is 11.8 Å². The first-order chi connectivity index (χ1) is 8.20. The van der Waals surface area contributed by atoms with Crippen LogP contribution < -0.4 is 5.32 Å². The zero-order valence-electron chi connectivity index (χ0n) is 9.43.